The van der Waals surface area contributed by atoms with Crippen molar-refractivity contribution >= 4 is 23.3 Å². The Labute approximate surface area is 127 Å². The molecule has 0 aliphatic rings. The smallest absolute Gasteiger partial charge is 0.341 e. The molecule has 2 aromatic carbocycles. The van der Waals surface area contributed by atoms with E-state index in [0.29, 0.717) is 5.69 Å². The molecule has 0 aromatic heterocycles. The van der Waals surface area contributed by atoms with Crippen molar-refractivity contribution in [2.45, 2.75) is 0 Å². The Hall–Kier alpha value is -3.02. The van der Waals surface area contributed by atoms with Crippen LogP contribution < -0.4 is 0 Å². The minimum atomic E-state index is -0.678. The van der Waals surface area contributed by atoms with Crippen molar-refractivity contribution < 1.29 is 19.1 Å². The Balaban J connectivity index is 2.49. The molecule has 0 bridgehead atoms. The molecular formula is C16H14N2O4. The third kappa shape index (κ3) is 3.35. The molecule has 0 heterocycles. The van der Waals surface area contributed by atoms with Gasteiger partial charge in [0.25, 0.3) is 0 Å². The van der Waals surface area contributed by atoms with Crippen LogP contribution in [-0.2, 0) is 9.47 Å². The summed E-state index contributed by atoms with van der Waals surface area (Å²) in [5.41, 5.74) is 0.968. The third-order valence-corrected chi connectivity index (χ3v) is 2.87. The molecule has 112 valence electrons. The summed E-state index contributed by atoms with van der Waals surface area (Å²) in [7, 11) is 2.47. The van der Waals surface area contributed by atoms with E-state index < -0.39 is 11.9 Å². The Bertz CT molecular complexity index is 711. The summed E-state index contributed by atoms with van der Waals surface area (Å²) in [5, 5.41) is 8.08. The number of hydrogen-bond acceptors (Lipinski definition) is 6. The molecular weight excluding hydrogens is 284 g/mol. The van der Waals surface area contributed by atoms with Crippen LogP contribution in [0.1, 0.15) is 20.7 Å². The first-order valence-corrected chi connectivity index (χ1v) is 6.43. The van der Waals surface area contributed by atoms with Crippen LogP contribution in [0.15, 0.2) is 58.8 Å². The molecule has 0 saturated carbocycles. The molecule has 0 N–H and O–H groups in total. The van der Waals surface area contributed by atoms with Gasteiger partial charge in [-0.1, -0.05) is 24.3 Å². The zero-order chi connectivity index (χ0) is 15.9. The van der Waals surface area contributed by atoms with E-state index in [1.807, 2.05) is 18.2 Å². The van der Waals surface area contributed by atoms with Crippen LogP contribution in [-0.4, -0.2) is 26.2 Å². The molecule has 0 fully saturated rings. The molecule has 0 saturated heterocycles. The Morgan fingerprint density at radius 1 is 0.818 bits per heavy atom. The van der Waals surface area contributed by atoms with E-state index in [1.165, 1.54) is 20.3 Å². The van der Waals surface area contributed by atoms with Crippen molar-refractivity contribution in [1.82, 2.24) is 0 Å². The second-order valence-corrected chi connectivity index (χ2v) is 4.22. The van der Waals surface area contributed by atoms with Crippen LogP contribution in [0.5, 0.6) is 0 Å². The second-order valence-electron chi connectivity index (χ2n) is 4.22. The minimum absolute atomic E-state index is 0.0246. The monoisotopic (exact) mass is 298 g/mol. The number of carbonyl (C=O) groups is 2. The van der Waals surface area contributed by atoms with Crippen LogP contribution in [0.2, 0.25) is 0 Å². The van der Waals surface area contributed by atoms with Gasteiger partial charge >= 0.3 is 11.9 Å². The molecule has 0 unspecified atom stereocenters. The van der Waals surface area contributed by atoms with E-state index in [0.717, 1.165) is 0 Å². The zero-order valence-electron chi connectivity index (χ0n) is 12.1. The Kier molecular flexibility index (Phi) is 4.98. The molecule has 0 spiro atoms. The number of benzene rings is 2. The molecule has 0 atom stereocenters. The van der Waals surface area contributed by atoms with Gasteiger partial charge in [0.2, 0.25) is 0 Å². The van der Waals surface area contributed by atoms with Crippen LogP contribution in [0.25, 0.3) is 0 Å². The van der Waals surface area contributed by atoms with Gasteiger partial charge in [0.05, 0.1) is 25.5 Å². The molecule has 0 amide bonds. The predicted octanol–water partition coefficient (Wildman–Crippen LogP) is 3.68. The number of methoxy groups -OCH3 is 2. The van der Waals surface area contributed by atoms with Crippen LogP contribution in [0.4, 0.5) is 11.4 Å². The predicted molar refractivity (Wildman–Crippen MR) is 79.7 cm³/mol. The van der Waals surface area contributed by atoms with Gasteiger partial charge in [-0.15, -0.1) is 5.11 Å². The summed E-state index contributed by atoms with van der Waals surface area (Å²) < 4.78 is 9.39. The molecule has 6 heteroatoms. The lowest BCUT2D eigenvalue weighted by atomic mass is 10.1. The fourth-order valence-electron chi connectivity index (χ4n) is 1.83. The molecule has 0 aliphatic heterocycles. The number of hydrogen-bond donors (Lipinski definition) is 0. The summed E-state index contributed by atoms with van der Waals surface area (Å²) >= 11 is 0. The number of esters is 2. The van der Waals surface area contributed by atoms with E-state index in [4.69, 9.17) is 4.74 Å². The standard InChI is InChI=1S/C16H14N2O4/c1-21-15(19)12-9-6-10-13(14(12)16(20)22-2)18-17-11-7-4-3-5-8-11/h3-10H,1-2H3. The summed E-state index contributed by atoms with van der Waals surface area (Å²) in [4.78, 5) is 23.7. The van der Waals surface area contributed by atoms with E-state index in [1.54, 1.807) is 24.3 Å². The third-order valence-electron chi connectivity index (χ3n) is 2.87. The van der Waals surface area contributed by atoms with Crippen molar-refractivity contribution in [3.05, 3.63) is 59.7 Å². The van der Waals surface area contributed by atoms with E-state index in [2.05, 4.69) is 15.0 Å². The van der Waals surface area contributed by atoms with E-state index in [9.17, 15) is 9.59 Å². The highest BCUT2D eigenvalue weighted by Gasteiger charge is 2.22. The van der Waals surface area contributed by atoms with Crippen molar-refractivity contribution in [1.29, 1.82) is 0 Å². The number of azo groups is 1. The van der Waals surface area contributed by atoms with Gasteiger partial charge in [0, 0.05) is 0 Å². The van der Waals surface area contributed by atoms with Crippen molar-refractivity contribution in [2.75, 3.05) is 14.2 Å². The molecule has 2 rings (SSSR count). The van der Waals surface area contributed by atoms with Gasteiger partial charge in [-0.2, -0.15) is 5.11 Å². The maximum Gasteiger partial charge on any atom is 0.341 e. The van der Waals surface area contributed by atoms with Gasteiger partial charge in [-0.05, 0) is 24.3 Å². The van der Waals surface area contributed by atoms with E-state index in [-0.39, 0.29) is 16.8 Å². The highest BCUT2D eigenvalue weighted by molar-refractivity contribution is 6.06. The van der Waals surface area contributed by atoms with Gasteiger partial charge in [-0.3, -0.25) is 0 Å². The first-order valence-electron chi connectivity index (χ1n) is 6.43. The fourth-order valence-corrected chi connectivity index (χ4v) is 1.83. The van der Waals surface area contributed by atoms with Crippen LogP contribution >= 0.6 is 0 Å². The highest BCUT2D eigenvalue weighted by atomic mass is 16.5. The summed E-state index contributed by atoms with van der Waals surface area (Å²) in [6, 6.07) is 13.7. The summed E-state index contributed by atoms with van der Waals surface area (Å²) in [5.74, 6) is -1.32. The Morgan fingerprint density at radius 3 is 2.14 bits per heavy atom. The maximum atomic E-state index is 12.0. The minimum Gasteiger partial charge on any atom is -0.465 e. The van der Waals surface area contributed by atoms with Gasteiger partial charge < -0.3 is 9.47 Å². The molecule has 2 aromatic rings. The van der Waals surface area contributed by atoms with Crippen LogP contribution in [0, 0.1) is 0 Å². The van der Waals surface area contributed by atoms with Gasteiger partial charge in [0.15, 0.2) is 0 Å². The number of rotatable bonds is 4. The molecule has 6 nitrogen and oxygen atoms in total. The topological polar surface area (TPSA) is 77.3 Å². The lowest BCUT2D eigenvalue weighted by Crippen LogP contribution is -2.11. The molecule has 0 aliphatic carbocycles. The van der Waals surface area contributed by atoms with E-state index >= 15 is 0 Å². The lowest BCUT2D eigenvalue weighted by Gasteiger charge is -2.08. The normalized spacial score (nSPS) is 10.5. The number of ether oxygens (including phenoxy) is 2. The summed E-state index contributed by atoms with van der Waals surface area (Å²) in [6.07, 6.45) is 0. The molecule has 0 radical (unpaired) electrons. The van der Waals surface area contributed by atoms with Crippen molar-refractivity contribution in [3.8, 4) is 0 Å². The zero-order valence-corrected chi connectivity index (χ0v) is 12.1. The quantitative estimate of drug-likeness (QED) is 0.637. The average molecular weight is 298 g/mol. The maximum absolute atomic E-state index is 12.0. The first kappa shape index (κ1) is 15.4. The lowest BCUT2D eigenvalue weighted by molar-refractivity contribution is 0.0556. The van der Waals surface area contributed by atoms with Crippen LogP contribution in [0.3, 0.4) is 0 Å². The van der Waals surface area contributed by atoms with Gasteiger partial charge in [-0.25, -0.2) is 9.59 Å². The SMILES string of the molecule is COC(=O)c1cccc(N=Nc2ccccc2)c1C(=O)OC. The van der Waals surface area contributed by atoms with Crippen molar-refractivity contribution in [2.24, 2.45) is 10.2 Å². The Morgan fingerprint density at radius 2 is 1.50 bits per heavy atom. The van der Waals surface area contributed by atoms with Gasteiger partial charge in [0.1, 0.15) is 11.3 Å². The first-order chi connectivity index (χ1) is 10.7. The number of nitrogens with zero attached hydrogens (tertiary/aromatic N) is 2. The second kappa shape index (κ2) is 7.12. The average Bonchev–Trinajstić information content (AvgIpc) is 2.59. The fraction of sp³-hybridized carbons (Fsp3) is 0.125. The largest absolute Gasteiger partial charge is 0.465 e. The summed E-state index contributed by atoms with van der Waals surface area (Å²) in [6.45, 7) is 0. The highest BCUT2D eigenvalue weighted by Crippen LogP contribution is 2.26. The van der Waals surface area contributed by atoms with Crippen molar-refractivity contribution in [3.63, 3.8) is 0 Å². The molecule has 22 heavy (non-hydrogen) atoms. The number of carbonyl (C=O) groups excluding carboxylic acids is 2.